The third-order valence-electron chi connectivity index (χ3n) is 2.52. The third kappa shape index (κ3) is 2.61. The first-order valence-electron chi connectivity index (χ1n) is 5.40. The first kappa shape index (κ1) is 12.0. The second kappa shape index (κ2) is 4.80. The van der Waals surface area contributed by atoms with E-state index in [-0.39, 0.29) is 5.82 Å². The van der Waals surface area contributed by atoms with E-state index < -0.39 is 0 Å². The highest BCUT2D eigenvalue weighted by Gasteiger charge is 2.07. The number of nitrogens with zero attached hydrogens (tertiary/aromatic N) is 2. The quantitative estimate of drug-likeness (QED) is 0.758. The molecule has 0 aliphatic heterocycles. The maximum Gasteiger partial charge on any atom is 0.133 e. The van der Waals surface area contributed by atoms with E-state index in [1.54, 1.807) is 12.1 Å². The molecular weight excluding hydrogens is 239 g/mol. The van der Waals surface area contributed by atoms with Gasteiger partial charge in [-0.05, 0) is 30.7 Å². The molecule has 2 aromatic rings. The van der Waals surface area contributed by atoms with Crippen LogP contribution in [0.2, 0.25) is 5.15 Å². The minimum atomic E-state index is -0.248. The van der Waals surface area contributed by atoms with Crippen molar-refractivity contribution in [2.75, 3.05) is 0 Å². The summed E-state index contributed by atoms with van der Waals surface area (Å²) in [5, 5.41) is 0.413. The Bertz CT molecular complexity index is 555. The molecule has 88 valence electrons. The van der Waals surface area contributed by atoms with E-state index in [1.807, 2.05) is 13.8 Å². The second-order valence-electron chi connectivity index (χ2n) is 3.80. The number of rotatable bonds is 2. The van der Waals surface area contributed by atoms with E-state index in [9.17, 15) is 4.39 Å². The molecule has 0 N–H and O–H groups in total. The number of hydrogen-bond donors (Lipinski definition) is 0. The van der Waals surface area contributed by atoms with Gasteiger partial charge in [0.05, 0.1) is 5.69 Å². The Morgan fingerprint density at radius 1 is 1.24 bits per heavy atom. The predicted molar refractivity (Wildman–Crippen MR) is 66.6 cm³/mol. The van der Waals surface area contributed by atoms with Crippen LogP contribution >= 0.6 is 11.6 Å². The number of hydrogen-bond acceptors (Lipinski definition) is 2. The standard InChI is InChI=1S/C13H12ClFN2/c1-3-13-16-11(7-12(14)17-13)10-5-4-9(15)6-8(10)2/h4-7H,3H2,1-2H3. The van der Waals surface area contributed by atoms with E-state index in [2.05, 4.69) is 9.97 Å². The SMILES string of the molecule is CCc1nc(Cl)cc(-c2ccc(F)cc2C)n1. The molecule has 0 atom stereocenters. The lowest BCUT2D eigenvalue weighted by atomic mass is 10.1. The minimum Gasteiger partial charge on any atom is -0.233 e. The Morgan fingerprint density at radius 3 is 2.65 bits per heavy atom. The summed E-state index contributed by atoms with van der Waals surface area (Å²) in [6.07, 6.45) is 0.716. The van der Waals surface area contributed by atoms with Gasteiger partial charge in [0.25, 0.3) is 0 Å². The molecule has 1 aromatic carbocycles. The molecule has 0 saturated carbocycles. The van der Waals surface area contributed by atoms with Crippen molar-refractivity contribution in [1.29, 1.82) is 0 Å². The summed E-state index contributed by atoms with van der Waals surface area (Å²) in [4.78, 5) is 8.50. The van der Waals surface area contributed by atoms with Crippen molar-refractivity contribution in [2.45, 2.75) is 20.3 Å². The maximum absolute atomic E-state index is 13.0. The molecule has 4 heteroatoms. The van der Waals surface area contributed by atoms with Gasteiger partial charge >= 0.3 is 0 Å². The maximum atomic E-state index is 13.0. The van der Waals surface area contributed by atoms with Gasteiger partial charge in [-0.3, -0.25) is 0 Å². The summed E-state index contributed by atoms with van der Waals surface area (Å²) < 4.78 is 13.0. The van der Waals surface area contributed by atoms with Crippen LogP contribution in [0.3, 0.4) is 0 Å². The lowest BCUT2D eigenvalue weighted by Crippen LogP contribution is -1.96. The fourth-order valence-corrected chi connectivity index (χ4v) is 1.88. The van der Waals surface area contributed by atoms with Crippen molar-refractivity contribution in [3.05, 3.63) is 46.6 Å². The highest BCUT2D eigenvalue weighted by molar-refractivity contribution is 6.29. The minimum absolute atomic E-state index is 0.248. The fourth-order valence-electron chi connectivity index (χ4n) is 1.68. The van der Waals surface area contributed by atoms with Crippen LogP contribution in [-0.4, -0.2) is 9.97 Å². The highest BCUT2D eigenvalue weighted by Crippen LogP contribution is 2.24. The molecule has 1 heterocycles. The molecule has 0 bridgehead atoms. The van der Waals surface area contributed by atoms with Crippen LogP contribution in [0.4, 0.5) is 4.39 Å². The Morgan fingerprint density at radius 2 is 2.00 bits per heavy atom. The molecule has 2 nitrogen and oxygen atoms in total. The first-order chi connectivity index (χ1) is 8.10. The van der Waals surface area contributed by atoms with Crippen LogP contribution in [0.1, 0.15) is 18.3 Å². The van der Waals surface area contributed by atoms with Gasteiger partial charge in [-0.2, -0.15) is 0 Å². The van der Waals surface area contributed by atoms with Crippen LogP contribution in [0.5, 0.6) is 0 Å². The van der Waals surface area contributed by atoms with Gasteiger partial charge < -0.3 is 0 Å². The molecule has 2 rings (SSSR count). The van der Waals surface area contributed by atoms with Gasteiger partial charge in [0.15, 0.2) is 0 Å². The monoisotopic (exact) mass is 250 g/mol. The molecule has 0 aliphatic rings. The summed E-state index contributed by atoms with van der Waals surface area (Å²) >= 11 is 5.94. The van der Waals surface area contributed by atoms with E-state index in [0.717, 1.165) is 16.8 Å². The number of benzene rings is 1. The molecule has 0 saturated heterocycles. The van der Waals surface area contributed by atoms with Crippen LogP contribution in [0, 0.1) is 12.7 Å². The summed E-state index contributed by atoms with van der Waals surface area (Å²) in [5.41, 5.74) is 2.45. The Hall–Kier alpha value is -1.48. The fraction of sp³-hybridized carbons (Fsp3) is 0.231. The van der Waals surface area contributed by atoms with Gasteiger partial charge in [-0.15, -0.1) is 0 Å². The topological polar surface area (TPSA) is 25.8 Å². The van der Waals surface area contributed by atoms with Crippen molar-refractivity contribution >= 4 is 11.6 Å². The highest BCUT2D eigenvalue weighted by atomic mass is 35.5. The van der Waals surface area contributed by atoms with Crippen LogP contribution in [-0.2, 0) is 6.42 Å². The van der Waals surface area contributed by atoms with Gasteiger partial charge in [0.1, 0.15) is 16.8 Å². The van der Waals surface area contributed by atoms with Gasteiger partial charge in [-0.1, -0.05) is 18.5 Å². The molecule has 0 unspecified atom stereocenters. The summed E-state index contributed by atoms with van der Waals surface area (Å²) in [5.74, 6) is 0.443. The largest absolute Gasteiger partial charge is 0.233 e. The van der Waals surface area contributed by atoms with Crippen LogP contribution in [0.25, 0.3) is 11.3 Å². The lowest BCUT2D eigenvalue weighted by molar-refractivity contribution is 0.627. The van der Waals surface area contributed by atoms with E-state index >= 15 is 0 Å². The predicted octanol–water partition coefficient (Wildman–Crippen LogP) is 3.81. The number of aryl methyl sites for hydroxylation is 2. The average Bonchev–Trinajstić information content (AvgIpc) is 2.28. The van der Waals surface area contributed by atoms with Crippen molar-refractivity contribution < 1.29 is 4.39 Å². The molecule has 0 aliphatic carbocycles. The van der Waals surface area contributed by atoms with Crippen LogP contribution in [0.15, 0.2) is 24.3 Å². The Labute approximate surface area is 104 Å². The lowest BCUT2D eigenvalue weighted by Gasteiger charge is -2.07. The zero-order valence-electron chi connectivity index (χ0n) is 9.67. The first-order valence-corrected chi connectivity index (χ1v) is 5.78. The normalized spacial score (nSPS) is 10.6. The summed E-state index contributed by atoms with van der Waals surface area (Å²) in [6, 6.07) is 6.31. The van der Waals surface area contributed by atoms with Crippen molar-refractivity contribution in [3.8, 4) is 11.3 Å². The van der Waals surface area contributed by atoms with E-state index in [1.165, 1.54) is 12.1 Å². The molecule has 0 spiro atoms. The smallest absolute Gasteiger partial charge is 0.133 e. The second-order valence-corrected chi connectivity index (χ2v) is 4.19. The third-order valence-corrected chi connectivity index (χ3v) is 2.72. The summed E-state index contributed by atoms with van der Waals surface area (Å²) in [6.45, 7) is 3.81. The van der Waals surface area contributed by atoms with Crippen molar-refractivity contribution in [1.82, 2.24) is 9.97 Å². The van der Waals surface area contributed by atoms with E-state index in [0.29, 0.717) is 17.4 Å². The van der Waals surface area contributed by atoms with Crippen molar-refractivity contribution in [2.24, 2.45) is 0 Å². The Balaban J connectivity index is 2.55. The van der Waals surface area contributed by atoms with Gasteiger partial charge in [0, 0.05) is 18.1 Å². The van der Waals surface area contributed by atoms with Gasteiger partial charge in [-0.25, -0.2) is 14.4 Å². The zero-order chi connectivity index (χ0) is 12.4. The molecule has 0 radical (unpaired) electrons. The van der Waals surface area contributed by atoms with E-state index in [4.69, 9.17) is 11.6 Å². The molecule has 0 fully saturated rings. The van der Waals surface area contributed by atoms with Crippen molar-refractivity contribution in [3.63, 3.8) is 0 Å². The average molecular weight is 251 g/mol. The summed E-state index contributed by atoms with van der Waals surface area (Å²) in [7, 11) is 0. The van der Waals surface area contributed by atoms with Crippen LogP contribution < -0.4 is 0 Å². The number of halogens is 2. The molecule has 0 amide bonds. The number of aromatic nitrogens is 2. The van der Waals surface area contributed by atoms with Gasteiger partial charge in [0.2, 0.25) is 0 Å². The molecular formula is C13H12ClFN2. The molecule has 17 heavy (non-hydrogen) atoms. The zero-order valence-corrected chi connectivity index (χ0v) is 10.4. The Kier molecular flexibility index (Phi) is 3.38. The molecule has 1 aromatic heterocycles.